The van der Waals surface area contributed by atoms with E-state index < -0.39 is 10.0 Å². The first-order chi connectivity index (χ1) is 13.6. The van der Waals surface area contributed by atoms with Gasteiger partial charge in [-0.15, -0.1) is 11.3 Å². The minimum atomic E-state index is -3.36. The lowest BCUT2D eigenvalue weighted by Crippen LogP contribution is -2.41. The van der Waals surface area contributed by atoms with Crippen LogP contribution in [0.2, 0.25) is 0 Å². The summed E-state index contributed by atoms with van der Waals surface area (Å²) in [5.41, 5.74) is 1.74. The maximum Gasteiger partial charge on any atom is 0.218 e. The molecule has 1 aliphatic rings. The van der Waals surface area contributed by atoms with Crippen LogP contribution in [0.4, 0.5) is 0 Å². The van der Waals surface area contributed by atoms with Crippen LogP contribution in [-0.2, 0) is 33.6 Å². The van der Waals surface area contributed by atoms with Gasteiger partial charge in [0.1, 0.15) is 0 Å². The van der Waals surface area contributed by atoms with Crippen molar-refractivity contribution >= 4 is 27.3 Å². The molecule has 0 saturated carbocycles. The van der Waals surface area contributed by atoms with Crippen LogP contribution in [0.5, 0.6) is 0 Å². The largest absolute Gasteiger partial charge is 0.379 e. The topological polar surface area (TPSA) is 83.0 Å². The van der Waals surface area contributed by atoms with Crippen LogP contribution in [0.15, 0.2) is 46.8 Å². The number of hydrogen-bond acceptors (Lipinski definition) is 5. The van der Waals surface area contributed by atoms with Crippen molar-refractivity contribution in [2.24, 2.45) is 4.99 Å². The predicted molar refractivity (Wildman–Crippen MR) is 113 cm³/mol. The summed E-state index contributed by atoms with van der Waals surface area (Å²) in [7, 11) is -1.64. The maximum atomic E-state index is 12.8. The third-order valence-electron chi connectivity index (χ3n) is 4.50. The number of hydrogen-bond donors (Lipinski definition) is 2. The summed E-state index contributed by atoms with van der Waals surface area (Å²) in [4.78, 5) is 5.46. The van der Waals surface area contributed by atoms with Gasteiger partial charge >= 0.3 is 0 Å². The molecule has 0 bridgehead atoms. The Labute approximate surface area is 170 Å². The fraction of sp³-hybridized carbons (Fsp3) is 0.421. The highest BCUT2D eigenvalue weighted by Crippen LogP contribution is 2.16. The summed E-state index contributed by atoms with van der Waals surface area (Å²) in [5.74, 6) is 0.672. The minimum absolute atomic E-state index is 0.00786. The summed E-state index contributed by atoms with van der Waals surface area (Å²) < 4.78 is 32.3. The van der Waals surface area contributed by atoms with Gasteiger partial charge in [-0.1, -0.05) is 30.3 Å². The van der Waals surface area contributed by atoms with Crippen molar-refractivity contribution in [1.82, 2.24) is 14.9 Å². The minimum Gasteiger partial charge on any atom is -0.379 e. The average Bonchev–Trinajstić information content (AvgIpc) is 3.23. The van der Waals surface area contributed by atoms with Crippen LogP contribution >= 0.6 is 11.3 Å². The van der Waals surface area contributed by atoms with Crippen LogP contribution in [-0.4, -0.2) is 52.0 Å². The van der Waals surface area contributed by atoms with Crippen molar-refractivity contribution in [3.63, 3.8) is 0 Å². The standard InChI is InChI=1S/C19H26N4O3S2/c1-20-19(22-14-18-7-4-12-27-18)21-13-16-5-2-3-6-17(16)15-28(24,25)23-8-10-26-11-9-23/h2-7,12H,8-11,13-15H2,1H3,(H2,20,21,22). The molecule has 0 atom stereocenters. The fourth-order valence-corrected chi connectivity index (χ4v) is 5.17. The molecule has 0 amide bonds. The summed E-state index contributed by atoms with van der Waals surface area (Å²) in [5, 5.41) is 8.58. The summed E-state index contributed by atoms with van der Waals surface area (Å²) in [6.45, 7) is 2.94. The van der Waals surface area contributed by atoms with Crippen molar-refractivity contribution in [3.8, 4) is 0 Å². The Balaban J connectivity index is 1.61. The Bertz CT molecular complexity index is 876. The van der Waals surface area contributed by atoms with Gasteiger partial charge in [-0.05, 0) is 22.6 Å². The van der Waals surface area contributed by atoms with Gasteiger partial charge in [-0.2, -0.15) is 4.31 Å². The van der Waals surface area contributed by atoms with Gasteiger partial charge in [-0.3, -0.25) is 4.99 Å². The van der Waals surface area contributed by atoms with Gasteiger partial charge in [0.2, 0.25) is 10.0 Å². The van der Waals surface area contributed by atoms with E-state index >= 15 is 0 Å². The van der Waals surface area contributed by atoms with Gasteiger partial charge in [0.05, 0.1) is 25.5 Å². The highest BCUT2D eigenvalue weighted by molar-refractivity contribution is 7.88. The van der Waals surface area contributed by atoms with Gasteiger partial charge in [0.15, 0.2) is 5.96 Å². The van der Waals surface area contributed by atoms with Crippen LogP contribution in [0.1, 0.15) is 16.0 Å². The molecule has 7 nitrogen and oxygen atoms in total. The number of aliphatic imine (C=N–C) groups is 1. The molecule has 1 aromatic carbocycles. The second-order valence-corrected chi connectivity index (χ2v) is 9.40. The lowest BCUT2D eigenvalue weighted by atomic mass is 10.1. The number of sulfonamides is 1. The molecule has 2 aromatic rings. The van der Waals surface area contributed by atoms with E-state index in [1.165, 1.54) is 9.18 Å². The smallest absolute Gasteiger partial charge is 0.218 e. The van der Waals surface area contributed by atoms with E-state index in [1.807, 2.05) is 35.7 Å². The molecule has 28 heavy (non-hydrogen) atoms. The summed E-state index contributed by atoms with van der Waals surface area (Å²) in [6.07, 6.45) is 0. The van der Waals surface area contributed by atoms with Gasteiger partial charge in [0.25, 0.3) is 0 Å². The van der Waals surface area contributed by atoms with E-state index in [1.54, 1.807) is 18.4 Å². The third-order valence-corrected chi connectivity index (χ3v) is 7.20. The molecule has 3 rings (SSSR count). The fourth-order valence-electron chi connectivity index (χ4n) is 2.97. The lowest BCUT2D eigenvalue weighted by molar-refractivity contribution is 0.0729. The van der Waals surface area contributed by atoms with Crippen LogP contribution in [0, 0.1) is 0 Å². The maximum absolute atomic E-state index is 12.8. The van der Waals surface area contributed by atoms with Crippen LogP contribution in [0.25, 0.3) is 0 Å². The molecule has 152 valence electrons. The molecule has 0 unspecified atom stereocenters. The SMILES string of the molecule is CN=C(NCc1cccs1)NCc1ccccc1CS(=O)(=O)N1CCOCC1. The molecule has 9 heteroatoms. The predicted octanol–water partition coefficient (Wildman–Crippen LogP) is 1.78. The van der Waals surface area contributed by atoms with E-state index in [0.717, 1.165) is 11.1 Å². The molecular weight excluding hydrogens is 396 g/mol. The molecule has 1 aliphatic heterocycles. The average molecular weight is 423 g/mol. The monoisotopic (exact) mass is 422 g/mol. The van der Waals surface area contributed by atoms with Crippen molar-refractivity contribution in [1.29, 1.82) is 0 Å². The Morgan fingerprint density at radius 1 is 1.11 bits per heavy atom. The number of ether oxygens (including phenoxy) is 1. The van der Waals surface area contributed by atoms with E-state index in [4.69, 9.17) is 4.74 Å². The summed E-state index contributed by atoms with van der Waals surface area (Å²) >= 11 is 1.69. The number of rotatable bonds is 7. The highest BCUT2D eigenvalue weighted by atomic mass is 32.2. The Kier molecular flexibility index (Phi) is 7.43. The quantitative estimate of drug-likeness (QED) is 0.525. The number of nitrogens with zero attached hydrogens (tertiary/aromatic N) is 2. The van der Waals surface area contributed by atoms with Crippen molar-refractivity contribution in [2.75, 3.05) is 33.4 Å². The zero-order valence-electron chi connectivity index (χ0n) is 15.9. The number of morpholine rings is 1. The van der Waals surface area contributed by atoms with Gasteiger partial charge < -0.3 is 15.4 Å². The second-order valence-electron chi connectivity index (χ2n) is 6.40. The molecule has 1 aromatic heterocycles. The van der Waals surface area contributed by atoms with E-state index in [0.29, 0.717) is 45.4 Å². The molecule has 0 spiro atoms. The molecule has 2 heterocycles. The van der Waals surface area contributed by atoms with E-state index in [2.05, 4.69) is 21.7 Å². The molecule has 2 N–H and O–H groups in total. The Morgan fingerprint density at radius 2 is 1.82 bits per heavy atom. The van der Waals surface area contributed by atoms with Gasteiger partial charge in [0, 0.05) is 31.6 Å². The lowest BCUT2D eigenvalue weighted by Gasteiger charge is -2.26. The van der Waals surface area contributed by atoms with Crippen LogP contribution < -0.4 is 10.6 Å². The zero-order chi connectivity index (χ0) is 19.8. The van der Waals surface area contributed by atoms with Crippen molar-refractivity contribution < 1.29 is 13.2 Å². The van der Waals surface area contributed by atoms with Gasteiger partial charge in [-0.25, -0.2) is 8.42 Å². The first-order valence-corrected chi connectivity index (χ1v) is 11.7. The number of benzene rings is 1. The number of guanidine groups is 1. The summed E-state index contributed by atoms with van der Waals surface area (Å²) in [6, 6.07) is 11.7. The Hall–Kier alpha value is -1.94. The molecular formula is C19H26N4O3S2. The highest BCUT2D eigenvalue weighted by Gasteiger charge is 2.25. The third kappa shape index (κ3) is 5.78. The normalized spacial score (nSPS) is 16.1. The first kappa shape index (κ1) is 20.8. The second kappa shape index (κ2) is 10.0. The molecule has 0 radical (unpaired) electrons. The number of nitrogens with one attached hydrogen (secondary N) is 2. The van der Waals surface area contributed by atoms with Crippen molar-refractivity contribution in [3.05, 3.63) is 57.8 Å². The molecule has 0 aliphatic carbocycles. The Morgan fingerprint density at radius 3 is 2.50 bits per heavy atom. The molecule has 1 saturated heterocycles. The van der Waals surface area contributed by atoms with E-state index in [-0.39, 0.29) is 5.75 Å². The van der Waals surface area contributed by atoms with Crippen molar-refractivity contribution in [2.45, 2.75) is 18.8 Å². The first-order valence-electron chi connectivity index (χ1n) is 9.18. The number of thiophene rings is 1. The molecule has 1 fully saturated rings. The zero-order valence-corrected chi connectivity index (χ0v) is 17.6. The van der Waals surface area contributed by atoms with E-state index in [9.17, 15) is 8.42 Å². The van der Waals surface area contributed by atoms with Crippen LogP contribution in [0.3, 0.4) is 0 Å².